The minimum absolute atomic E-state index is 0.670. The third-order valence-electron chi connectivity index (χ3n) is 12.0. The van der Waals surface area contributed by atoms with E-state index in [0.29, 0.717) is 5.41 Å². The molecule has 0 bridgehead atoms. The summed E-state index contributed by atoms with van der Waals surface area (Å²) in [6.45, 7) is 2.78. The molecule has 30 heavy (non-hydrogen) atoms. The van der Waals surface area contributed by atoms with Crippen molar-refractivity contribution in [2.45, 2.75) is 122 Å². The maximum atomic E-state index is 2.89. The van der Waals surface area contributed by atoms with Crippen molar-refractivity contribution in [1.29, 1.82) is 0 Å². The van der Waals surface area contributed by atoms with Gasteiger partial charge >= 0.3 is 0 Å². The molecule has 0 nitrogen and oxygen atoms in total. The summed E-state index contributed by atoms with van der Waals surface area (Å²) in [5.74, 6) is 8.56. The number of hydrogen-bond donors (Lipinski definition) is 0. The highest BCUT2D eigenvalue weighted by molar-refractivity contribution is 5.22. The Morgan fingerprint density at radius 1 is 0.600 bits per heavy atom. The average Bonchev–Trinajstić information content (AvgIpc) is 3.26. The predicted octanol–water partition coefficient (Wildman–Crippen LogP) is 8.95. The third kappa shape index (κ3) is 3.20. The van der Waals surface area contributed by atoms with Gasteiger partial charge in [-0.2, -0.15) is 0 Å². The molecule has 6 rings (SSSR count). The van der Waals surface area contributed by atoms with E-state index in [2.05, 4.69) is 13.0 Å². The first-order valence-electron chi connectivity index (χ1n) is 14.5. The minimum Gasteiger partial charge on any atom is -0.0847 e. The van der Waals surface area contributed by atoms with Gasteiger partial charge in [0.15, 0.2) is 0 Å². The Hall–Kier alpha value is -0.260. The Morgan fingerprint density at radius 2 is 1.03 bits per heavy atom. The topological polar surface area (TPSA) is 0 Å². The second-order valence-corrected chi connectivity index (χ2v) is 13.0. The standard InChI is InChI=1S/C30H48/c1-30(28-18-8-6-15-26(28)27-16-7-9-19-29(27)30)20-10-17-25-23-13-4-2-11-21(23)22-12-3-5-14-24(22)25/h17,21-24,26-29H,2-16,18-20H2,1H3. The van der Waals surface area contributed by atoms with Crippen LogP contribution in [0.4, 0.5) is 0 Å². The van der Waals surface area contributed by atoms with Gasteiger partial charge in [-0.3, -0.25) is 0 Å². The van der Waals surface area contributed by atoms with Gasteiger partial charge in [-0.15, -0.1) is 0 Å². The smallest absolute Gasteiger partial charge is 0.0169 e. The lowest BCUT2D eigenvalue weighted by Gasteiger charge is -2.41. The molecule has 6 saturated carbocycles. The van der Waals surface area contributed by atoms with Crippen molar-refractivity contribution in [3.05, 3.63) is 11.6 Å². The van der Waals surface area contributed by atoms with Gasteiger partial charge in [0.05, 0.1) is 0 Å². The molecule has 0 aromatic carbocycles. The molecule has 0 aromatic rings. The zero-order valence-electron chi connectivity index (χ0n) is 19.9. The largest absolute Gasteiger partial charge is 0.0847 e. The van der Waals surface area contributed by atoms with Crippen LogP contribution >= 0.6 is 0 Å². The molecular formula is C30H48. The molecule has 0 aliphatic heterocycles. The quantitative estimate of drug-likeness (QED) is 0.409. The summed E-state index contributed by atoms with van der Waals surface area (Å²) in [6.07, 6.45) is 30.6. The molecule has 6 aliphatic carbocycles. The Balaban J connectivity index is 1.22. The lowest BCUT2D eigenvalue weighted by molar-refractivity contribution is 0.0915. The van der Waals surface area contributed by atoms with Crippen molar-refractivity contribution in [2.24, 2.45) is 52.8 Å². The molecule has 8 unspecified atom stereocenters. The summed E-state index contributed by atoms with van der Waals surface area (Å²) in [7, 11) is 0. The number of hydrogen-bond acceptors (Lipinski definition) is 0. The Kier molecular flexibility index (Phi) is 5.61. The monoisotopic (exact) mass is 408 g/mol. The van der Waals surface area contributed by atoms with Crippen molar-refractivity contribution < 1.29 is 0 Å². The lowest BCUT2D eigenvalue weighted by atomic mass is 9.64. The van der Waals surface area contributed by atoms with E-state index in [1.807, 2.05) is 5.57 Å². The molecule has 0 aromatic heterocycles. The molecular weight excluding hydrogens is 360 g/mol. The second-order valence-electron chi connectivity index (χ2n) is 13.0. The SMILES string of the molecule is CC1(CCC=C2C3CCCCC3C3CCCCC23)C2CCCCC2C2CCCCC21. The first-order chi connectivity index (χ1) is 14.8. The molecule has 6 aliphatic rings. The van der Waals surface area contributed by atoms with Gasteiger partial charge < -0.3 is 0 Å². The van der Waals surface area contributed by atoms with Gasteiger partial charge in [-0.05, 0) is 117 Å². The van der Waals surface area contributed by atoms with E-state index < -0.39 is 0 Å². The van der Waals surface area contributed by atoms with Crippen molar-refractivity contribution in [2.75, 3.05) is 0 Å². The molecule has 0 N–H and O–H groups in total. The summed E-state index contributed by atoms with van der Waals surface area (Å²) >= 11 is 0. The number of fused-ring (bicyclic) bond motifs is 6. The van der Waals surface area contributed by atoms with E-state index in [-0.39, 0.29) is 0 Å². The average molecular weight is 409 g/mol. The van der Waals surface area contributed by atoms with Crippen LogP contribution in [0.25, 0.3) is 0 Å². The molecule has 168 valence electrons. The maximum absolute atomic E-state index is 2.89. The summed E-state index contributed by atoms with van der Waals surface area (Å²) in [5, 5.41) is 0. The molecule has 0 heteroatoms. The van der Waals surface area contributed by atoms with Gasteiger partial charge in [0.1, 0.15) is 0 Å². The molecule has 8 atom stereocenters. The molecule has 6 fully saturated rings. The van der Waals surface area contributed by atoms with Crippen LogP contribution in [0, 0.1) is 52.8 Å². The third-order valence-corrected chi connectivity index (χ3v) is 12.0. The first-order valence-corrected chi connectivity index (χ1v) is 14.5. The number of allylic oxidation sites excluding steroid dienone is 2. The van der Waals surface area contributed by atoms with Crippen LogP contribution in [-0.2, 0) is 0 Å². The summed E-state index contributed by atoms with van der Waals surface area (Å²) in [4.78, 5) is 0. The minimum atomic E-state index is 0.670. The Bertz CT molecular complexity index is 596. The van der Waals surface area contributed by atoms with Gasteiger partial charge in [0.25, 0.3) is 0 Å². The van der Waals surface area contributed by atoms with Crippen LogP contribution in [0.2, 0.25) is 0 Å². The van der Waals surface area contributed by atoms with Gasteiger partial charge in [-0.25, -0.2) is 0 Å². The highest BCUT2D eigenvalue weighted by Crippen LogP contribution is 2.65. The van der Waals surface area contributed by atoms with Crippen LogP contribution in [-0.4, -0.2) is 0 Å². The second kappa shape index (κ2) is 8.26. The molecule has 0 spiro atoms. The molecule has 0 saturated heterocycles. The Morgan fingerprint density at radius 3 is 1.57 bits per heavy atom. The summed E-state index contributed by atoms with van der Waals surface area (Å²) < 4.78 is 0. The lowest BCUT2D eigenvalue weighted by Crippen LogP contribution is -2.32. The fraction of sp³-hybridized carbons (Fsp3) is 0.933. The number of rotatable bonds is 3. The van der Waals surface area contributed by atoms with Crippen LogP contribution in [0.1, 0.15) is 122 Å². The van der Waals surface area contributed by atoms with Crippen LogP contribution < -0.4 is 0 Å². The van der Waals surface area contributed by atoms with E-state index in [9.17, 15) is 0 Å². The molecule has 0 radical (unpaired) electrons. The zero-order chi connectivity index (χ0) is 20.1. The van der Waals surface area contributed by atoms with E-state index in [4.69, 9.17) is 0 Å². The van der Waals surface area contributed by atoms with Crippen LogP contribution in [0.3, 0.4) is 0 Å². The molecule has 0 amide bonds. The van der Waals surface area contributed by atoms with Crippen molar-refractivity contribution >= 4 is 0 Å². The van der Waals surface area contributed by atoms with E-state index in [1.165, 1.54) is 77.0 Å². The van der Waals surface area contributed by atoms with Gasteiger partial charge in [-0.1, -0.05) is 69.9 Å². The fourth-order valence-corrected chi connectivity index (χ4v) is 10.9. The van der Waals surface area contributed by atoms with Crippen molar-refractivity contribution in [3.63, 3.8) is 0 Å². The van der Waals surface area contributed by atoms with E-state index in [0.717, 1.165) is 47.3 Å². The van der Waals surface area contributed by atoms with Crippen LogP contribution in [0.15, 0.2) is 11.6 Å². The van der Waals surface area contributed by atoms with Crippen LogP contribution in [0.5, 0.6) is 0 Å². The van der Waals surface area contributed by atoms with Crippen molar-refractivity contribution in [3.8, 4) is 0 Å². The van der Waals surface area contributed by atoms with Crippen molar-refractivity contribution in [1.82, 2.24) is 0 Å². The van der Waals surface area contributed by atoms with Gasteiger partial charge in [0, 0.05) is 0 Å². The Labute approximate surface area is 187 Å². The van der Waals surface area contributed by atoms with E-state index >= 15 is 0 Å². The maximum Gasteiger partial charge on any atom is -0.0169 e. The summed E-state index contributed by atoms with van der Waals surface area (Å²) in [6, 6.07) is 0. The summed E-state index contributed by atoms with van der Waals surface area (Å²) in [5.41, 5.74) is 2.68. The normalized spacial score (nSPS) is 50.4. The van der Waals surface area contributed by atoms with E-state index in [1.54, 1.807) is 38.5 Å². The zero-order valence-corrected chi connectivity index (χ0v) is 19.9. The highest BCUT2D eigenvalue weighted by atomic mass is 14.6. The highest BCUT2D eigenvalue weighted by Gasteiger charge is 2.57. The predicted molar refractivity (Wildman–Crippen MR) is 127 cm³/mol. The first kappa shape index (κ1) is 20.4. The fourth-order valence-electron chi connectivity index (χ4n) is 10.9. The van der Waals surface area contributed by atoms with Gasteiger partial charge in [0.2, 0.25) is 0 Å². The molecule has 0 heterocycles.